The third-order valence-electron chi connectivity index (χ3n) is 2.95. The largest absolute Gasteiger partial charge is 0.349 e. The molecule has 0 radical (unpaired) electrons. The van der Waals surface area contributed by atoms with Gasteiger partial charge in [0, 0.05) is 13.1 Å². The van der Waals surface area contributed by atoms with Crippen molar-refractivity contribution < 1.29 is 9.18 Å². The van der Waals surface area contributed by atoms with E-state index in [1.165, 1.54) is 6.07 Å². The third-order valence-corrected chi connectivity index (χ3v) is 3.24. The number of rotatable bonds is 3. The van der Waals surface area contributed by atoms with Crippen LogP contribution in [0.2, 0.25) is 5.02 Å². The van der Waals surface area contributed by atoms with Crippen LogP contribution in [0.5, 0.6) is 0 Å². The number of carbonyl (C=O) groups is 1. The Labute approximate surface area is 116 Å². The number of hydrogen-bond donors (Lipinski definition) is 2. The monoisotopic (exact) mass is 292 g/mol. The molecule has 0 aliphatic carbocycles. The molecule has 6 heteroatoms. The molecule has 1 amide bonds. The summed E-state index contributed by atoms with van der Waals surface area (Å²) in [5, 5.41) is 6.00. The van der Waals surface area contributed by atoms with E-state index in [4.69, 9.17) is 11.6 Å². The zero-order chi connectivity index (χ0) is 12.4. The second-order valence-corrected chi connectivity index (χ2v) is 4.67. The first kappa shape index (κ1) is 15.2. The van der Waals surface area contributed by atoms with Gasteiger partial charge in [-0.1, -0.05) is 17.7 Å². The van der Waals surface area contributed by atoms with E-state index in [2.05, 4.69) is 10.6 Å². The highest BCUT2D eigenvalue weighted by molar-refractivity contribution is 6.30. The van der Waals surface area contributed by atoms with Crippen LogP contribution < -0.4 is 10.6 Å². The lowest BCUT2D eigenvalue weighted by atomic mass is 10.0. The smallest absolute Gasteiger partial charge is 0.226 e. The van der Waals surface area contributed by atoms with Crippen molar-refractivity contribution in [3.8, 4) is 0 Å². The lowest BCUT2D eigenvalue weighted by Gasteiger charge is -2.27. The summed E-state index contributed by atoms with van der Waals surface area (Å²) in [4.78, 5) is 11.7. The van der Waals surface area contributed by atoms with Crippen LogP contribution >= 0.6 is 24.0 Å². The van der Waals surface area contributed by atoms with Gasteiger partial charge in [0.2, 0.25) is 5.91 Å². The maximum atomic E-state index is 13.0. The highest BCUT2D eigenvalue weighted by Crippen LogP contribution is 2.21. The maximum absolute atomic E-state index is 13.0. The molecule has 2 N–H and O–H groups in total. The van der Waals surface area contributed by atoms with E-state index in [1.54, 1.807) is 12.1 Å². The van der Waals surface area contributed by atoms with Gasteiger partial charge in [-0.25, -0.2) is 4.39 Å². The molecule has 100 valence electrons. The number of carbonyl (C=O) groups excluding carboxylic acids is 1. The molecule has 3 nitrogen and oxygen atoms in total. The molecule has 1 atom stereocenters. The Hall–Kier alpha value is -0.840. The van der Waals surface area contributed by atoms with Gasteiger partial charge in [-0.15, -0.1) is 12.4 Å². The first-order chi connectivity index (χ1) is 8.08. The molecule has 2 rings (SSSR count). The van der Waals surface area contributed by atoms with Gasteiger partial charge >= 0.3 is 0 Å². The quantitative estimate of drug-likeness (QED) is 0.898. The number of halogens is 3. The zero-order valence-corrected chi connectivity index (χ0v) is 11.4. The van der Waals surface area contributed by atoms with Crippen molar-refractivity contribution >= 4 is 29.9 Å². The average Bonchev–Trinajstić information content (AvgIpc) is 2.19. The van der Waals surface area contributed by atoms with E-state index in [9.17, 15) is 9.18 Å². The van der Waals surface area contributed by atoms with Crippen LogP contribution in [0.3, 0.4) is 0 Å². The van der Waals surface area contributed by atoms with Crippen LogP contribution in [0, 0.1) is 11.7 Å². The summed E-state index contributed by atoms with van der Waals surface area (Å²) >= 11 is 5.70. The van der Waals surface area contributed by atoms with Gasteiger partial charge in [0.1, 0.15) is 5.82 Å². The van der Waals surface area contributed by atoms with Crippen LogP contribution in [0.15, 0.2) is 18.2 Å². The molecule has 0 bridgehead atoms. The molecular formula is C12H15Cl2FN2O. The summed E-state index contributed by atoms with van der Waals surface area (Å²) in [6.45, 7) is 3.30. The lowest BCUT2D eigenvalue weighted by Crippen LogP contribution is -2.51. The van der Waals surface area contributed by atoms with E-state index in [0.29, 0.717) is 0 Å². The maximum Gasteiger partial charge on any atom is 0.226 e. The second-order valence-electron chi connectivity index (χ2n) is 4.26. The zero-order valence-electron chi connectivity index (χ0n) is 9.87. The predicted molar refractivity (Wildman–Crippen MR) is 71.6 cm³/mol. The summed E-state index contributed by atoms with van der Waals surface area (Å²) < 4.78 is 13.0. The van der Waals surface area contributed by atoms with E-state index in [1.807, 2.05) is 6.92 Å². The van der Waals surface area contributed by atoms with Gasteiger partial charge in [-0.05, 0) is 24.6 Å². The standard InChI is InChI=1S/C12H14ClFN2O.ClH/c1-7(16-12(17)9-5-15-6-9)8-2-3-11(14)10(13)4-8;/h2-4,7,9,15H,5-6H2,1H3,(H,16,17);1H. The summed E-state index contributed by atoms with van der Waals surface area (Å²) in [5.74, 6) is -0.373. The Balaban J connectivity index is 0.00000162. The Morgan fingerprint density at radius 3 is 2.72 bits per heavy atom. The van der Waals surface area contributed by atoms with Crippen LogP contribution in [-0.4, -0.2) is 19.0 Å². The topological polar surface area (TPSA) is 41.1 Å². The van der Waals surface area contributed by atoms with Crippen molar-refractivity contribution in [2.75, 3.05) is 13.1 Å². The first-order valence-electron chi connectivity index (χ1n) is 5.54. The molecule has 1 unspecified atom stereocenters. The van der Waals surface area contributed by atoms with Crippen LogP contribution in [0.1, 0.15) is 18.5 Å². The van der Waals surface area contributed by atoms with Crippen LogP contribution in [-0.2, 0) is 4.79 Å². The molecule has 1 aliphatic heterocycles. The summed E-state index contributed by atoms with van der Waals surface area (Å²) in [7, 11) is 0. The fraction of sp³-hybridized carbons (Fsp3) is 0.417. The van der Waals surface area contributed by atoms with Gasteiger partial charge in [-0.3, -0.25) is 4.79 Å². The molecule has 0 aromatic heterocycles. The minimum atomic E-state index is -0.447. The predicted octanol–water partition coefficient (Wildman–Crippen LogP) is 2.30. The van der Waals surface area contributed by atoms with Crippen molar-refractivity contribution in [1.29, 1.82) is 0 Å². The number of hydrogen-bond acceptors (Lipinski definition) is 2. The SMILES string of the molecule is CC(NC(=O)C1CNC1)c1ccc(F)c(Cl)c1.Cl. The van der Waals surface area contributed by atoms with Crippen LogP contribution in [0.25, 0.3) is 0 Å². The first-order valence-corrected chi connectivity index (χ1v) is 5.92. The molecule has 0 saturated carbocycles. The Bertz CT molecular complexity index is 438. The Morgan fingerprint density at radius 1 is 1.56 bits per heavy atom. The highest BCUT2D eigenvalue weighted by Gasteiger charge is 2.25. The number of nitrogens with one attached hydrogen (secondary N) is 2. The van der Waals surface area contributed by atoms with Gasteiger partial charge in [0.05, 0.1) is 17.0 Å². The lowest BCUT2D eigenvalue weighted by molar-refractivity contribution is -0.127. The molecule has 18 heavy (non-hydrogen) atoms. The van der Waals surface area contributed by atoms with E-state index >= 15 is 0 Å². The molecule has 1 aliphatic rings. The summed E-state index contributed by atoms with van der Waals surface area (Å²) in [5.41, 5.74) is 0.803. The molecule has 1 heterocycles. The molecule has 1 saturated heterocycles. The molecular weight excluding hydrogens is 278 g/mol. The summed E-state index contributed by atoms with van der Waals surface area (Å²) in [6.07, 6.45) is 0. The molecule has 1 fully saturated rings. The Morgan fingerprint density at radius 2 is 2.22 bits per heavy atom. The van der Waals surface area contributed by atoms with Crippen molar-refractivity contribution in [2.45, 2.75) is 13.0 Å². The van der Waals surface area contributed by atoms with Gasteiger partial charge in [0.15, 0.2) is 0 Å². The van der Waals surface area contributed by atoms with Gasteiger partial charge in [0.25, 0.3) is 0 Å². The van der Waals surface area contributed by atoms with Crippen molar-refractivity contribution in [1.82, 2.24) is 10.6 Å². The molecule has 1 aromatic rings. The second kappa shape index (κ2) is 6.36. The van der Waals surface area contributed by atoms with Crippen molar-refractivity contribution in [2.24, 2.45) is 5.92 Å². The van der Waals surface area contributed by atoms with E-state index < -0.39 is 5.82 Å². The van der Waals surface area contributed by atoms with Crippen molar-refractivity contribution in [3.05, 3.63) is 34.6 Å². The fourth-order valence-corrected chi connectivity index (χ4v) is 1.86. The molecule has 0 spiro atoms. The van der Waals surface area contributed by atoms with E-state index in [0.717, 1.165) is 18.7 Å². The minimum absolute atomic E-state index is 0. The number of amides is 1. The van der Waals surface area contributed by atoms with Crippen LogP contribution in [0.4, 0.5) is 4.39 Å². The normalized spacial score (nSPS) is 16.4. The average molecular weight is 293 g/mol. The van der Waals surface area contributed by atoms with Gasteiger partial charge < -0.3 is 10.6 Å². The van der Waals surface area contributed by atoms with Gasteiger partial charge in [-0.2, -0.15) is 0 Å². The molecule has 1 aromatic carbocycles. The van der Waals surface area contributed by atoms with Crippen molar-refractivity contribution in [3.63, 3.8) is 0 Å². The fourth-order valence-electron chi connectivity index (χ4n) is 1.67. The Kier molecular flexibility index (Phi) is 5.38. The third kappa shape index (κ3) is 3.34. The minimum Gasteiger partial charge on any atom is -0.349 e. The van der Waals surface area contributed by atoms with E-state index in [-0.39, 0.29) is 35.3 Å². The highest BCUT2D eigenvalue weighted by atomic mass is 35.5. The summed E-state index contributed by atoms with van der Waals surface area (Å²) in [6, 6.07) is 4.32. The number of benzene rings is 1.